The van der Waals surface area contributed by atoms with E-state index in [9.17, 15) is 13.5 Å². The van der Waals surface area contributed by atoms with Crippen molar-refractivity contribution in [3.05, 3.63) is 29.3 Å². The van der Waals surface area contributed by atoms with Crippen LogP contribution in [-0.4, -0.2) is 50.3 Å². The monoisotopic (exact) mass is 333 g/mol. The molecule has 7 heteroatoms. The molecular formula is C14H20ClNO4S. The van der Waals surface area contributed by atoms with Crippen LogP contribution < -0.4 is 10.1 Å². The number of halogens is 1. The molecule has 1 aliphatic heterocycles. The molecule has 5 nitrogen and oxygen atoms in total. The van der Waals surface area contributed by atoms with E-state index in [0.717, 1.165) is 6.42 Å². The summed E-state index contributed by atoms with van der Waals surface area (Å²) in [7, 11) is -2.93. The van der Waals surface area contributed by atoms with Crippen molar-refractivity contribution >= 4 is 21.4 Å². The minimum absolute atomic E-state index is 0.0791. The molecule has 2 rings (SSSR count). The molecule has 0 bridgehead atoms. The Bertz CT molecular complexity index is 564. The number of nitrogens with one attached hydrogen (secondary N) is 1. The molecule has 1 aromatic rings. The van der Waals surface area contributed by atoms with Gasteiger partial charge in [-0.3, -0.25) is 0 Å². The van der Waals surface area contributed by atoms with Crippen molar-refractivity contribution in [2.45, 2.75) is 25.0 Å². The Morgan fingerprint density at radius 3 is 3.00 bits per heavy atom. The third-order valence-electron chi connectivity index (χ3n) is 3.34. The van der Waals surface area contributed by atoms with Gasteiger partial charge in [0.15, 0.2) is 9.84 Å². The van der Waals surface area contributed by atoms with Gasteiger partial charge in [0.2, 0.25) is 0 Å². The third kappa shape index (κ3) is 5.82. The molecule has 2 N–H and O–H groups in total. The Kier molecular flexibility index (Phi) is 5.87. The van der Waals surface area contributed by atoms with E-state index in [2.05, 4.69) is 5.32 Å². The highest BCUT2D eigenvalue weighted by atomic mass is 35.5. The van der Waals surface area contributed by atoms with Crippen LogP contribution in [0.4, 0.5) is 0 Å². The van der Waals surface area contributed by atoms with Crippen LogP contribution in [0.2, 0.25) is 5.02 Å². The summed E-state index contributed by atoms with van der Waals surface area (Å²) in [5, 5.41) is 13.5. The lowest BCUT2D eigenvalue weighted by Crippen LogP contribution is -2.44. The highest BCUT2D eigenvalue weighted by Crippen LogP contribution is 2.17. The maximum absolute atomic E-state index is 11.5. The van der Waals surface area contributed by atoms with Crippen molar-refractivity contribution in [2.75, 3.05) is 24.7 Å². The summed E-state index contributed by atoms with van der Waals surface area (Å²) in [6, 6.07) is 6.88. The Hall–Kier alpha value is -0.820. The van der Waals surface area contributed by atoms with Crippen LogP contribution in [0.25, 0.3) is 0 Å². The van der Waals surface area contributed by atoms with E-state index in [1.54, 1.807) is 24.3 Å². The second kappa shape index (κ2) is 7.45. The summed E-state index contributed by atoms with van der Waals surface area (Å²) in [6.07, 6.45) is 0.796. The molecular weight excluding hydrogens is 314 g/mol. The van der Waals surface area contributed by atoms with Gasteiger partial charge in [-0.05, 0) is 31.0 Å². The van der Waals surface area contributed by atoms with E-state index in [-0.39, 0.29) is 24.2 Å². The zero-order valence-electron chi connectivity index (χ0n) is 11.7. The number of hydrogen-bond acceptors (Lipinski definition) is 5. The minimum atomic E-state index is -2.93. The number of hydrogen-bond donors (Lipinski definition) is 2. The number of sulfone groups is 1. The van der Waals surface area contributed by atoms with Crippen molar-refractivity contribution in [1.82, 2.24) is 5.32 Å². The Balaban J connectivity index is 1.71. The lowest BCUT2D eigenvalue weighted by Gasteiger charge is -2.24. The van der Waals surface area contributed by atoms with Crippen molar-refractivity contribution in [1.29, 1.82) is 0 Å². The van der Waals surface area contributed by atoms with Crippen LogP contribution in [0, 0.1) is 0 Å². The van der Waals surface area contributed by atoms with Gasteiger partial charge in [0.1, 0.15) is 18.5 Å². The van der Waals surface area contributed by atoms with Crippen LogP contribution >= 0.6 is 11.6 Å². The predicted octanol–water partition coefficient (Wildman–Crippen LogP) is 1.25. The van der Waals surface area contributed by atoms with Crippen LogP contribution in [0.5, 0.6) is 5.75 Å². The van der Waals surface area contributed by atoms with Gasteiger partial charge in [0, 0.05) is 17.6 Å². The highest BCUT2D eigenvalue weighted by Gasteiger charge is 2.24. The average molecular weight is 334 g/mol. The zero-order chi connectivity index (χ0) is 15.3. The summed E-state index contributed by atoms with van der Waals surface area (Å²) < 4.78 is 28.5. The summed E-state index contributed by atoms with van der Waals surface area (Å²) in [4.78, 5) is 0. The first-order chi connectivity index (χ1) is 9.94. The lowest BCUT2D eigenvalue weighted by molar-refractivity contribution is 0.104. The molecule has 1 fully saturated rings. The van der Waals surface area contributed by atoms with Crippen molar-refractivity contribution < 1.29 is 18.3 Å². The molecule has 0 amide bonds. The van der Waals surface area contributed by atoms with Crippen LogP contribution in [0.1, 0.15) is 12.8 Å². The number of ether oxygens (including phenoxy) is 1. The second-order valence-electron chi connectivity index (χ2n) is 5.28. The van der Waals surface area contributed by atoms with E-state index in [0.29, 0.717) is 23.7 Å². The number of benzene rings is 1. The number of aliphatic hydroxyl groups excluding tert-OH is 1. The Morgan fingerprint density at radius 2 is 2.29 bits per heavy atom. The minimum Gasteiger partial charge on any atom is -0.491 e. The van der Waals surface area contributed by atoms with E-state index >= 15 is 0 Å². The SMILES string of the molecule is O=S1(=O)CCCC(NCC(O)COc2cccc(Cl)c2)C1. The highest BCUT2D eigenvalue weighted by molar-refractivity contribution is 7.91. The van der Waals surface area contributed by atoms with Gasteiger partial charge in [-0.25, -0.2) is 8.42 Å². The summed E-state index contributed by atoms with van der Waals surface area (Å²) in [5.41, 5.74) is 0. The van der Waals surface area contributed by atoms with Gasteiger partial charge in [0.05, 0.1) is 11.5 Å². The van der Waals surface area contributed by atoms with Crippen molar-refractivity contribution in [3.63, 3.8) is 0 Å². The first-order valence-electron chi connectivity index (χ1n) is 6.95. The van der Waals surface area contributed by atoms with Crippen molar-refractivity contribution in [3.8, 4) is 5.75 Å². The van der Waals surface area contributed by atoms with E-state index < -0.39 is 15.9 Å². The Morgan fingerprint density at radius 1 is 1.48 bits per heavy atom. The Labute approximate surface area is 130 Å². The molecule has 2 unspecified atom stereocenters. The largest absolute Gasteiger partial charge is 0.491 e. The van der Waals surface area contributed by atoms with Gasteiger partial charge >= 0.3 is 0 Å². The van der Waals surface area contributed by atoms with E-state index in [1.165, 1.54) is 0 Å². The fourth-order valence-electron chi connectivity index (χ4n) is 2.29. The van der Waals surface area contributed by atoms with Crippen LogP contribution in [-0.2, 0) is 9.84 Å². The summed E-state index contributed by atoms with van der Waals surface area (Å²) in [5.74, 6) is 1.02. The molecule has 0 aliphatic carbocycles. The van der Waals surface area contributed by atoms with Crippen molar-refractivity contribution in [2.24, 2.45) is 0 Å². The molecule has 0 aromatic heterocycles. The number of rotatable bonds is 6. The standard InChI is InChI=1S/C14H20ClNO4S/c15-11-3-1-5-14(7-11)20-9-13(17)8-16-12-4-2-6-21(18,19)10-12/h1,3,5,7,12-13,16-17H,2,4,6,8-10H2. The molecule has 21 heavy (non-hydrogen) atoms. The van der Waals surface area contributed by atoms with Gasteiger partial charge in [-0.2, -0.15) is 0 Å². The van der Waals surface area contributed by atoms with Crippen LogP contribution in [0.15, 0.2) is 24.3 Å². The average Bonchev–Trinajstić information content (AvgIpc) is 2.42. The predicted molar refractivity (Wildman–Crippen MR) is 82.6 cm³/mol. The zero-order valence-corrected chi connectivity index (χ0v) is 13.2. The molecule has 118 valence electrons. The van der Waals surface area contributed by atoms with Gasteiger partial charge in [-0.15, -0.1) is 0 Å². The smallest absolute Gasteiger partial charge is 0.151 e. The van der Waals surface area contributed by atoms with Gasteiger partial charge in [-0.1, -0.05) is 17.7 Å². The third-order valence-corrected chi connectivity index (χ3v) is 5.40. The quantitative estimate of drug-likeness (QED) is 0.819. The maximum atomic E-state index is 11.5. The summed E-state index contributed by atoms with van der Waals surface area (Å²) >= 11 is 5.84. The lowest BCUT2D eigenvalue weighted by atomic mass is 10.2. The maximum Gasteiger partial charge on any atom is 0.151 e. The van der Waals surface area contributed by atoms with Crippen LogP contribution in [0.3, 0.4) is 0 Å². The first kappa shape index (κ1) is 16.5. The molecule has 0 saturated carbocycles. The fourth-order valence-corrected chi connectivity index (χ4v) is 4.15. The van der Waals surface area contributed by atoms with Gasteiger partial charge in [0.25, 0.3) is 0 Å². The first-order valence-corrected chi connectivity index (χ1v) is 9.15. The molecule has 1 saturated heterocycles. The molecule has 1 heterocycles. The fraction of sp³-hybridized carbons (Fsp3) is 0.571. The molecule has 0 radical (unpaired) electrons. The van der Waals surface area contributed by atoms with Gasteiger partial charge < -0.3 is 15.2 Å². The molecule has 0 spiro atoms. The van der Waals surface area contributed by atoms with E-state index in [1.807, 2.05) is 0 Å². The molecule has 2 atom stereocenters. The number of aliphatic hydroxyl groups is 1. The molecule has 1 aliphatic rings. The molecule has 1 aromatic carbocycles. The normalized spacial score (nSPS) is 22.7. The second-order valence-corrected chi connectivity index (χ2v) is 7.95. The summed E-state index contributed by atoms with van der Waals surface area (Å²) in [6.45, 7) is 0.438. The van der Waals surface area contributed by atoms with E-state index in [4.69, 9.17) is 16.3 Å². The topological polar surface area (TPSA) is 75.6 Å².